The van der Waals surface area contributed by atoms with Crippen molar-refractivity contribution in [2.45, 2.75) is 275 Å². The number of allylic oxidation sites excluding steroid dienone is 7. The van der Waals surface area contributed by atoms with E-state index in [-0.39, 0.29) is 18.5 Å². The largest absolute Gasteiger partial charge is 0.466 e. The van der Waals surface area contributed by atoms with Crippen molar-refractivity contribution in [3.63, 3.8) is 0 Å². The Labute approximate surface area is 408 Å². The van der Waals surface area contributed by atoms with Crippen LogP contribution in [0.2, 0.25) is 0 Å². The highest BCUT2D eigenvalue weighted by Crippen LogP contribution is 2.23. The monoisotopic (exact) mass is 948 g/mol. The van der Waals surface area contributed by atoms with Gasteiger partial charge in [0.1, 0.15) is 24.4 Å². The summed E-state index contributed by atoms with van der Waals surface area (Å²) in [5.41, 5.74) is 0. The van der Waals surface area contributed by atoms with Crippen molar-refractivity contribution in [2.24, 2.45) is 0 Å². The summed E-state index contributed by atoms with van der Waals surface area (Å²) < 4.78 is 16.6. The SMILES string of the molecule is CCCCCCC/C=C/CC/C=C/C(O)C(COC1OC(CO)C(O)C(O)C1O)NC(=O)CCCCCCCCC/C=C\C/C=C\CCCCCOC(=O)CCCCCCCCCCCCC. The van der Waals surface area contributed by atoms with E-state index in [0.717, 1.165) is 96.3 Å². The van der Waals surface area contributed by atoms with Gasteiger partial charge in [0.05, 0.1) is 32.0 Å². The Morgan fingerprint density at radius 2 is 1.01 bits per heavy atom. The molecule has 0 aromatic heterocycles. The Morgan fingerprint density at radius 3 is 1.57 bits per heavy atom. The second-order valence-electron chi connectivity index (χ2n) is 18.9. The zero-order chi connectivity index (χ0) is 48.8. The van der Waals surface area contributed by atoms with Crippen molar-refractivity contribution in [2.75, 3.05) is 19.8 Å². The van der Waals surface area contributed by atoms with Crippen molar-refractivity contribution >= 4 is 11.9 Å². The molecule has 0 spiro atoms. The predicted molar refractivity (Wildman–Crippen MR) is 274 cm³/mol. The lowest BCUT2D eigenvalue weighted by molar-refractivity contribution is -0.302. The second kappa shape index (κ2) is 46.0. The van der Waals surface area contributed by atoms with E-state index in [9.17, 15) is 35.1 Å². The molecule has 1 heterocycles. The summed E-state index contributed by atoms with van der Waals surface area (Å²) in [6, 6.07) is -0.839. The third-order valence-electron chi connectivity index (χ3n) is 12.7. The minimum atomic E-state index is -1.58. The van der Waals surface area contributed by atoms with Gasteiger partial charge in [0.15, 0.2) is 6.29 Å². The number of aliphatic hydroxyl groups excluding tert-OH is 5. The number of nitrogens with one attached hydrogen (secondary N) is 1. The maximum absolute atomic E-state index is 13.0. The van der Waals surface area contributed by atoms with E-state index < -0.39 is 49.5 Å². The first-order valence-electron chi connectivity index (χ1n) is 27.4. The standard InChI is InChI=1S/C56H101NO10/c1-3-5-7-9-11-13-22-26-30-34-38-42-49(59)48(47-66-56-55(64)54(63)53(62)50(46-58)67-56)57-51(60)43-39-35-31-27-24-20-18-16-15-17-19-21-25-29-33-37-41-45-65-52(61)44-40-36-32-28-23-14-12-10-8-6-4-2/h15,17,21-22,25-26,38,42,48-50,53-56,58-59,62-64H,3-14,16,18-20,23-24,27-37,39-41,43-47H2,1-2H3,(H,57,60)/b17-15-,25-21-,26-22+,42-38+. The smallest absolute Gasteiger partial charge is 0.305 e. The second-order valence-corrected chi connectivity index (χ2v) is 18.9. The highest BCUT2D eigenvalue weighted by molar-refractivity contribution is 5.76. The third-order valence-corrected chi connectivity index (χ3v) is 12.7. The van der Waals surface area contributed by atoms with Gasteiger partial charge in [0, 0.05) is 12.8 Å². The molecule has 1 fully saturated rings. The van der Waals surface area contributed by atoms with Crippen molar-refractivity contribution < 1.29 is 49.3 Å². The van der Waals surface area contributed by atoms with Crippen molar-refractivity contribution in [3.05, 3.63) is 48.6 Å². The van der Waals surface area contributed by atoms with Gasteiger partial charge >= 0.3 is 5.97 Å². The molecular weight excluding hydrogens is 847 g/mol. The first kappa shape index (κ1) is 62.6. The highest BCUT2D eigenvalue weighted by atomic mass is 16.7. The molecule has 6 N–H and O–H groups in total. The van der Waals surface area contributed by atoms with Crippen molar-refractivity contribution in [3.8, 4) is 0 Å². The molecule has 0 aromatic carbocycles. The number of carbonyl (C=O) groups excluding carboxylic acids is 2. The molecule has 1 rings (SSSR count). The van der Waals surface area contributed by atoms with Crippen LogP contribution in [0.1, 0.15) is 232 Å². The Hall–Kier alpha value is -2.38. The minimum absolute atomic E-state index is 0.0342. The van der Waals surface area contributed by atoms with E-state index in [1.54, 1.807) is 6.08 Å². The van der Waals surface area contributed by atoms with Crippen LogP contribution in [0.4, 0.5) is 0 Å². The van der Waals surface area contributed by atoms with Crippen LogP contribution in [0.3, 0.4) is 0 Å². The van der Waals surface area contributed by atoms with Crippen LogP contribution in [0.15, 0.2) is 48.6 Å². The fourth-order valence-electron chi connectivity index (χ4n) is 8.24. The van der Waals surface area contributed by atoms with Crippen molar-refractivity contribution in [1.29, 1.82) is 0 Å². The first-order valence-corrected chi connectivity index (χ1v) is 27.4. The summed E-state index contributed by atoms with van der Waals surface area (Å²) in [6.45, 7) is 4.23. The summed E-state index contributed by atoms with van der Waals surface area (Å²) in [5.74, 6) is -0.245. The fourth-order valence-corrected chi connectivity index (χ4v) is 8.24. The van der Waals surface area contributed by atoms with E-state index in [2.05, 4.69) is 55.6 Å². The average molecular weight is 948 g/mol. The van der Waals surface area contributed by atoms with Crippen LogP contribution in [-0.4, -0.2) is 100 Å². The normalized spacial score (nSPS) is 19.9. The van der Waals surface area contributed by atoms with E-state index in [4.69, 9.17) is 14.2 Å². The number of carbonyl (C=O) groups is 2. The molecular formula is C56H101NO10. The summed E-state index contributed by atoms with van der Waals surface area (Å²) in [4.78, 5) is 25.0. The zero-order valence-corrected chi connectivity index (χ0v) is 42.6. The van der Waals surface area contributed by atoms with Gasteiger partial charge < -0.3 is 45.1 Å². The Balaban J connectivity index is 2.16. The molecule has 67 heavy (non-hydrogen) atoms. The number of amides is 1. The van der Waals surface area contributed by atoms with Gasteiger partial charge in [-0.2, -0.15) is 0 Å². The summed E-state index contributed by atoms with van der Waals surface area (Å²) in [7, 11) is 0. The van der Waals surface area contributed by atoms with Gasteiger partial charge in [-0.1, -0.05) is 184 Å². The molecule has 0 radical (unpaired) electrons. The number of hydrogen-bond donors (Lipinski definition) is 6. The molecule has 0 saturated carbocycles. The molecule has 1 amide bonds. The van der Waals surface area contributed by atoms with Crippen LogP contribution in [0, 0.1) is 0 Å². The topological polar surface area (TPSA) is 175 Å². The summed E-state index contributed by atoms with van der Waals surface area (Å²) in [5, 5.41) is 54.2. The molecule has 0 aliphatic carbocycles. The highest BCUT2D eigenvalue weighted by Gasteiger charge is 2.44. The van der Waals surface area contributed by atoms with Gasteiger partial charge in [-0.25, -0.2) is 0 Å². The molecule has 11 heteroatoms. The molecule has 0 bridgehead atoms. The number of esters is 1. The Bertz CT molecular complexity index is 1250. The molecule has 0 aromatic rings. The lowest BCUT2D eigenvalue weighted by Gasteiger charge is -2.40. The lowest BCUT2D eigenvalue weighted by atomic mass is 9.99. The van der Waals surface area contributed by atoms with Crippen LogP contribution >= 0.6 is 0 Å². The quantitative estimate of drug-likeness (QED) is 0.0196. The van der Waals surface area contributed by atoms with Crippen LogP contribution < -0.4 is 5.32 Å². The lowest BCUT2D eigenvalue weighted by Crippen LogP contribution is -2.60. The summed E-state index contributed by atoms with van der Waals surface area (Å²) in [6.07, 6.45) is 46.3. The number of unbranched alkanes of at least 4 members (excludes halogenated alkanes) is 26. The Morgan fingerprint density at radius 1 is 0.552 bits per heavy atom. The third kappa shape index (κ3) is 36.3. The maximum atomic E-state index is 13.0. The number of rotatable bonds is 46. The molecule has 390 valence electrons. The van der Waals surface area contributed by atoms with E-state index >= 15 is 0 Å². The average Bonchev–Trinajstić information content (AvgIpc) is 3.32. The fraction of sp³-hybridized carbons (Fsp3) is 0.821. The van der Waals surface area contributed by atoms with Crippen LogP contribution in [-0.2, 0) is 23.8 Å². The molecule has 1 aliphatic heterocycles. The van der Waals surface area contributed by atoms with Crippen LogP contribution in [0.25, 0.3) is 0 Å². The number of hydrogen-bond acceptors (Lipinski definition) is 10. The minimum Gasteiger partial charge on any atom is -0.466 e. The molecule has 7 unspecified atom stereocenters. The Kier molecular flexibility index (Phi) is 43.0. The number of ether oxygens (including phenoxy) is 3. The van der Waals surface area contributed by atoms with Gasteiger partial charge in [0.2, 0.25) is 5.91 Å². The van der Waals surface area contributed by atoms with Gasteiger partial charge in [-0.3, -0.25) is 9.59 Å². The predicted octanol–water partition coefficient (Wildman–Crippen LogP) is 11.7. The molecule has 11 nitrogen and oxygen atoms in total. The number of aliphatic hydroxyl groups is 5. The molecule has 7 atom stereocenters. The molecule has 1 aliphatic rings. The van der Waals surface area contributed by atoms with Crippen molar-refractivity contribution in [1.82, 2.24) is 5.32 Å². The van der Waals surface area contributed by atoms with Gasteiger partial charge in [-0.15, -0.1) is 0 Å². The zero-order valence-electron chi connectivity index (χ0n) is 42.6. The maximum Gasteiger partial charge on any atom is 0.305 e. The van der Waals surface area contributed by atoms with Gasteiger partial charge in [-0.05, 0) is 83.5 Å². The van der Waals surface area contributed by atoms with Crippen LogP contribution in [0.5, 0.6) is 0 Å². The van der Waals surface area contributed by atoms with E-state index in [1.165, 1.54) is 109 Å². The first-order chi connectivity index (χ1) is 32.7. The summed E-state index contributed by atoms with van der Waals surface area (Å²) >= 11 is 0. The van der Waals surface area contributed by atoms with E-state index in [0.29, 0.717) is 19.4 Å². The molecule has 1 saturated heterocycles. The van der Waals surface area contributed by atoms with E-state index in [1.807, 2.05) is 6.08 Å². The van der Waals surface area contributed by atoms with Gasteiger partial charge in [0.25, 0.3) is 0 Å².